The number of fused-ring (bicyclic) bond motifs is 1. The van der Waals surface area contributed by atoms with Crippen molar-refractivity contribution in [2.45, 2.75) is 6.92 Å². The van der Waals surface area contributed by atoms with Gasteiger partial charge in [-0.05, 0) is 36.8 Å². The fourth-order valence-corrected chi connectivity index (χ4v) is 2.26. The normalized spacial score (nSPS) is 11.9. The van der Waals surface area contributed by atoms with Crippen LogP contribution < -0.4 is 5.43 Å². The lowest BCUT2D eigenvalue weighted by Crippen LogP contribution is -2.03. The lowest BCUT2D eigenvalue weighted by Gasteiger charge is -2.04. The Morgan fingerprint density at radius 1 is 1.14 bits per heavy atom. The number of aryl methyl sites for hydroxylation is 1. The standard InChI is InChI=1S/C16H15ClN4/c1-11(12-7-9-13(17)10-8-12)19-20-16-18-14-5-3-4-6-15(14)21(16)2/h3-10H,1-2H3,(H,18,20)/b19-11+. The second kappa shape index (κ2) is 5.58. The first-order valence-electron chi connectivity index (χ1n) is 6.63. The smallest absolute Gasteiger partial charge is 0.224 e. The Bertz CT molecular complexity index is 803. The van der Waals surface area contributed by atoms with Gasteiger partial charge >= 0.3 is 0 Å². The molecular weight excluding hydrogens is 284 g/mol. The minimum Gasteiger partial charge on any atom is -0.312 e. The van der Waals surface area contributed by atoms with Crippen molar-refractivity contribution in [2.75, 3.05) is 5.43 Å². The molecule has 3 aromatic rings. The molecule has 0 unspecified atom stereocenters. The Hall–Kier alpha value is -2.33. The molecule has 3 rings (SSSR count). The topological polar surface area (TPSA) is 42.2 Å². The number of anilines is 1. The maximum absolute atomic E-state index is 5.89. The number of hydrazone groups is 1. The number of aromatic nitrogens is 2. The van der Waals surface area contributed by atoms with Crippen molar-refractivity contribution in [2.24, 2.45) is 12.1 Å². The third-order valence-corrected chi connectivity index (χ3v) is 3.62. The Kier molecular flexibility index (Phi) is 3.62. The average molecular weight is 299 g/mol. The van der Waals surface area contributed by atoms with Gasteiger partial charge in [-0.2, -0.15) is 5.10 Å². The first-order valence-corrected chi connectivity index (χ1v) is 7.00. The van der Waals surface area contributed by atoms with Gasteiger partial charge in [0.15, 0.2) is 0 Å². The molecule has 1 heterocycles. The zero-order chi connectivity index (χ0) is 14.8. The van der Waals surface area contributed by atoms with E-state index in [0.29, 0.717) is 5.95 Å². The van der Waals surface area contributed by atoms with E-state index in [-0.39, 0.29) is 0 Å². The lowest BCUT2D eigenvalue weighted by atomic mass is 10.1. The van der Waals surface area contributed by atoms with Crippen LogP contribution in [0.2, 0.25) is 5.02 Å². The van der Waals surface area contributed by atoms with Crippen molar-refractivity contribution in [1.82, 2.24) is 9.55 Å². The van der Waals surface area contributed by atoms with Crippen LogP contribution in [-0.2, 0) is 7.05 Å². The van der Waals surface area contributed by atoms with Crippen LogP contribution >= 0.6 is 11.6 Å². The predicted molar refractivity (Wildman–Crippen MR) is 88.0 cm³/mol. The highest BCUT2D eigenvalue weighted by Gasteiger charge is 2.06. The molecule has 0 amide bonds. The van der Waals surface area contributed by atoms with E-state index in [9.17, 15) is 0 Å². The quantitative estimate of drug-likeness (QED) is 0.585. The number of nitrogens with zero attached hydrogens (tertiary/aromatic N) is 3. The zero-order valence-corrected chi connectivity index (χ0v) is 12.6. The molecule has 0 spiro atoms. The predicted octanol–water partition coefficient (Wildman–Crippen LogP) is 4.06. The lowest BCUT2D eigenvalue weighted by molar-refractivity contribution is 0.942. The zero-order valence-electron chi connectivity index (χ0n) is 11.8. The van der Waals surface area contributed by atoms with Crippen LogP contribution in [0.5, 0.6) is 0 Å². The summed E-state index contributed by atoms with van der Waals surface area (Å²) >= 11 is 5.89. The van der Waals surface area contributed by atoms with Crippen molar-refractivity contribution >= 4 is 34.3 Å². The van der Waals surface area contributed by atoms with Crippen LogP contribution in [0.4, 0.5) is 5.95 Å². The fourth-order valence-electron chi connectivity index (χ4n) is 2.14. The van der Waals surface area contributed by atoms with Gasteiger partial charge in [0, 0.05) is 12.1 Å². The van der Waals surface area contributed by atoms with Crippen molar-refractivity contribution < 1.29 is 0 Å². The van der Waals surface area contributed by atoms with Gasteiger partial charge in [-0.25, -0.2) is 10.4 Å². The molecule has 0 saturated heterocycles. The van der Waals surface area contributed by atoms with Crippen LogP contribution in [0.15, 0.2) is 53.6 Å². The summed E-state index contributed by atoms with van der Waals surface area (Å²) in [4.78, 5) is 4.52. The van der Waals surface area contributed by atoms with E-state index in [1.807, 2.05) is 67.1 Å². The molecule has 0 fully saturated rings. The fraction of sp³-hybridized carbons (Fsp3) is 0.125. The third-order valence-electron chi connectivity index (χ3n) is 3.37. The summed E-state index contributed by atoms with van der Waals surface area (Å²) in [5, 5.41) is 5.11. The van der Waals surface area contributed by atoms with Gasteiger partial charge in [-0.1, -0.05) is 35.9 Å². The number of hydrogen-bond acceptors (Lipinski definition) is 3. The molecule has 0 atom stereocenters. The van der Waals surface area contributed by atoms with Gasteiger partial charge in [0.1, 0.15) is 0 Å². The molecule has 1 aromatic heterocycles. The molecule has 4 nitrogen and oxygen atoms in total. The van der Waals surface area contributed by atoms with Crippen LogP contribution in [0.3, 0.4) is 0 Å². The molecule has 1 N–H and O–H groups in total. The van der Waals surface area contributed by atoms with Gasteiger partial charge in [0.2, 0.25) is 5.95 Å². The second-order valence-electron chi connectivity index (χ2n) is 4.80. The highest BCUT2D eigenvalue weighted by Crippen LogP contribution is 2.17. The summed E-state index contributed by atoms with van der Waals surface area (Å²) in [5.74, 6) is 0.713. The monoisotopic (exact) mass is 298 g/mol. The van der Waals surface area contributed by atoms with Gasteiger partial charge in [-0.15, -0.1) is 0 Å². The number of nitrogens with one attached hydrogen (secondary N) is 1. The number of rotatable bonds is 3. The molecule has 0 aliphatic rings. The second-order valence-corrected chi connectivity index (χ2v) is 5.24. The SMILES string of the molecule is C/C(=N\Nc1nc2ccccc2n1C)c1ccc(Cl)cc1. The Balaban J connectivity index is 1.86. The molecule has 0 saturated carbocycles. The van der Waals surface area contributed by atoms with Crippen LogP contribution in [0.1, 0.15) is 12.5 Å². The van der Waals surface area contributed by atoms with Gasteiger partial charge in [0.25, 0.3) is 0 Å². The molecule has 0 bridgehead atoms. The van der Waals surface area contributed by atoms with E-state index in [0.717, 1.165) is 27.3 Å². The van der Waals surface area contributed by atoms with E-state index in [2.05, 4.69) is 15.5 Å². The summed E-state index contributed by atoms with van der Waals surface area (Å²) in [7, 11) is 1.96. The number of para-hydroxylation sites is 2. The van der Waals surface area contributed by atoms with Crippen molar-refractivity contribution in [3.8, 4) is 0 Å². The van der Waals surface area contributed by atoms with Crippen LogP contribution in [0.25, 0.3) is 11.0 Å². The molecule has 0 aliphatic carbocycles. The third kappa shape index (κ3) is 2.76. The van der Waals surface area contributed by atoms with Gasteiger partial charge in [0.05, 0.1) is 16.7 Å². The van der Waals surface area contributed by atoms with Crippen LogP contribution in [0, 0.1) is 0 Å². The summed E-state index contributed by atoms with van der Waals surface area (Å²) in [5.41, 5.74) is 6.93. The van der Waals surface area contributed by atoms with Gasteiger partial charge < -0.3 is 4.57 Å². The van der Waals surface area contributed by atoms with Gasteiger partial charge in [-0.3, -0.25) is 0 Å². The first kappa shape index (κ1) is 13.6. The van der Waals surface area contributed by atoms with Crippen molar-refractivity contribution in [3.63, 3.8) is 0 Å². The summed E-state index contributed by atoms with van der Waals surface area (Å²) in [6.45, 7) is 1.94. The van der Waals surface area contributed by atoms with E-state index >= 15 is 0 Å². The average Bonchev–Trinajstić information content (AvgIpc) is 2.82. The molecule has 5 heteroatoms. The molecular formula is C16H15ClN4. The number of hydrogen-bond donors (Lipinski definition) is 1. The van der Waals surface area contributed by atoms with E-state index < -0.39 is 0 Å². The Labute approximate surface area is 128 Å². The van der Waals surface area contributed by atoms with E-state index in [1.54, 1.807) is 0 Å². The number of halogens is 1. The number of imidazole rings is 1. The maximum atomic E-state index is 5.89. The maximum Gasteiger partial charge on any atom is 0.224 e. The van der Waals surface area contributed by atoms with Crippen LogP contribution in [-0.4, -0.2) is 15.3 Å². The molecule has 21 heavy (non-hydrogen) atoms. The molecule has 0 aliphatic heterocycles. The Morgan fingerprint density at radius 3 is 2.57 bits per heavy atom. The number of benzene rings is 2. The van der Waals surface area contributed by atoms with E-state index in [4.69, 9.17) is 11.6 Å². The summed E-state index contributed by atoms with van der Waals surface area (Å²) in [6, 6.07) is 15.6. The van der Waals surface area contributed by atoms with E-state index in [1.165, 1.54) is 0 Å². The molecule has 2 aromatic carbocycles. The summed E-state index contributed by atoms with van der Waals surface area (Å²) in [6.07, 6.45) is 0. The summed E-state index contributed by atoms with van der Waals surface area (Å²) < 4.78 is 1.98. The molecule has 106 valence electrons. The first-order chi connectivity index (χ1) is 10.1. The molecule has 0 radical (unpaired) electrons. The van der Waals surface area contributed by atoms with Crippen molar-refractivity contribution in [1.29, 1.82) is 0 Å². The Morgan fingerprint density at radius 2 is 1.86 bits per heavy atom. The van der Waals surface area contributed by atoms with Crippen molar-refractivity contribution in [3.05, 3.63) is 59.1 Å². The largest absolute Gasteiger partial charge is 0.312 e. The minimum absolute atomic E-state index is 0.713. The highest BCUT2D eigenvalue weighted by atomic mass is 35.5. The minimum atomic E-state index is 0.713. The highest BCUT2D eigenvalue weighted by molar-refractivity contribution is 6.30.